The molecule has 0 unspecified atom stereocenters. The van der Waals surface area contributed by atoms with Crippen LogP contribution in [0.3, 0.4) is 0 Å². The van der Waals surface area contributed by atoms with Gasteiger partial charge in [-0.3, -0.25) is 0 Å². The quantitative estimate of drug-likeness (QED) is 0.271. The summed E-state index contributed by atoms with van der Waals surface area (Å²) in [5.41, 5.74) is 0. The van der Waals surface area contributed by atoms with Gasteiger partial charge >= 0.3 is 0 Å². The third-order valence-electron chi connectivity index (χ3n) is 4.06. The van der Waals surface area contributed by atoms with Gasteiger partial charge in [0.2, 0.25) is 0 Å². The van der Waals surface area contributed by atoms with E-state index >= 15 is 0 Å². The maximum Gasteiger partial charge on any atom is 0.102 e. The molecule has 0 radical (unpaired) electrons. The summed E-state index contributed by atoms with van der Waals surface area (Å²) >= 11 is 0. The first-order chi connectivity index (χ1) is 10.5. The molecule has 8 heteroatoms. The predicted octanol–water partition coefficient (Wildman–Crippen LogP) is 0.212. The van der Waals surface area contributed by atoms with E-state index < -0.39 is 10.1 Å². The second-order valence-electron chi connectivity index (χ2n) is 5.78. The molecule has 0 bridgehead atoms. The largest absolute Gasteiger partial charge is 0.748 e. The SMILES string of the molecule is COCCOCCOCC[N+]1(CCCS(=O)(=O)[O-])CCCC1. The Morgan fingerprint density at radius 2 is 1.55 bits per heavy atom. The Hall–Kier alpha value is -0.250. The summed E-state index contributed by atoms with van der Waals surface area (Å²) < 4.78 is 48.8. The Balaban J connectivity index is 2.15. The van der Waals surface area contributed by atoms with Crippen LogP contribution in [0.5, 0.6) is 0 Å². The molecule has 0 N–H and O–H groups in total. The minimum atomic E-state index is -4.10. The van der Waals surface area contributed by atoms with Crippen LogP contribution in [0, 0.1) is 0 Å². The highest BCUT2D eigenvalue weighted by Crippen LogP contribution is 2.20. The van der Waals surface area contributed by atoms with Gasteiger partial charge in [-0.15, -0.1) is 0 Å². The standard InChI is InChI=1S/C14H29NO6S/c1-19-10-11-21-13-12-20-9-8-15(5-2-3-6-15)7-4-14-22(16,17)18/h2-14H2,1H3. The molecule has 132 valence electrons. The van der Waals surface area contributed by atoms with Crippen LogP contribution in [0.2, 0.25) is 0 Å². The molecular formula is C14H29NO6S. The average molecular weight is 339 g/mol. The summed E-state index contributed by atoms with van der Waals surface area (Å²) in [6, 6.07) is 0. The van der Waals surface area contributed by atoms with Crippen molar-refractivity contribution in [2.45, 2.75) is 19.3 Å². The summed E-state index contributed by atoms with van der Waals surface area (Å²) in [5.74, 6) is -0.263. The maximum absolute atomic E-state index is 10.7. The van der Waals surface area contributed by atoms with E-state index in [2.05, 4.69) is 0 Å². The van der Waals surface area contributed by atoms with Crippen molar-refractivity contribution in [3.8, 4) is 0 Å². The lowest BCUT2D eigenvalue weighted by Gasteiger charge is -2.34. The van der Waals surface area contributed by atoms with E-state index in [1.807, 2.05) is 0 Å². The van der Waals surface area contributed by atoms with Crippen LogP contribution in [0.15, 0.2) is 0 Å². The Morgan fingerprint density at radius 3 is 2.14 bits per heavy atom. The Morgan fingerprint density at radius 1 is 0.955 bits per heavy atom. The van der Waals surface area contributed by atoms with Crippen LogP contribution in [0.4, 0.5) is 0 Å². The van der Waals surface area contributed by atoms with Gasteiger partial charge in [0.1, 0.15) is 6.54 Å². The van der Waals surface area contributed by atoms with Crippen molar-refractivity contribution in [2.75, 3.05) is 72.1 Å². The lowest BCUT2D eigenvalue weighted by atomic mass is 10.3. The van der Waals surface area contributed by atoms with E-state index in [0.717, 1.165) is 43.5 Å². The second-order valence-corrected chi connectivity index (χ2v) is 7.30. The van der Waals surface area contributed by atoms with Crippen LogP contribution >= 0.6 is 0 Å². The third kappa shape index (κ3) is 9.02. The monoisotopic (exact) mass is 339 g/mol. The van der Waals surface area contributed by atoms with Gasteiger partial charge < -0.3 is 23.2 Å². The van der Waals surface area contributed by atoms with Crippen LogP contribution < -0.4 is 0 Å². The van der Waals surface area contributed by atoms with Gasteiger partial charge in [-0.1, -0.05) is 0 Å². The number of rotatable bonds is 13. The molecule has 1 aliphatic rings. The van der Waals surface area contributed by atoms with Crippen molar-refractivity contribution in [1.82, 2.24) is 0 Å². The predicted molar refractivity (Wildman–Crippen MR) is 81.7 cm³/mol. The van der Waals surface area contributed by atoms with Crippen LogP contribution in [0.1, 0.15) is 19.3 Å². The van der Waals surface area contributed by atoms with Crippen molar-refractivity contribution >= 4 is 10.1 Å². The second kappa shape index (κ2) is 10.5. The number of likely N-dealkylation sites (tertiary alicyclic amines) is 1. The van der Waals surface area contributed by atoms with Crippen molar-refractivity contribution in [2.24, 2.45) is 0 Å². The number of methoxy groups -OCH3 is 1. The van der Waals surface area contributed by atoms with Crippen LogP contribution in [-0.2, 0) is 24.3 Å². The van der Waals surface area contributed by atoms with Gasteiger partial charge in [-0.05, 0) is 0 Å². The van der Waals surface area contributed by atoms with E-state index in [1.54, 1.807) is 7.11 Å². The number of hydrogen-bond donors (Lipinski definition) is 0. The molecule has 0 spiro atoms. The summed E-state index contributed by atoms with van der Waals surface area (Å²) in [4.78, 5) is 0. The minimum Gasteiger partial charge on any atom is -0.748 e. The third-order valence-corrected chi connectivity index (χ3v) is 4.84. The molecule has 1 fully saturated rings. The van der Waals surface area contributed by atoms with E-state index in [0.29, 0.717) is 39.5 Å². The van der Waals surface area contributed by atoms with Gasteiger partial charge in [0.25, 0.3) is 0 Å². The van der Waals surface area contributed by atoms with Gasteiger partial charge in [-0.2, -0.15) is 0 Å². The molecule has 0 aromatic rings. The van der Waals surface area contributed by atoms with Gasteiger partial charge in [0.15, 0.2) is 0 Å². The fourth-order valence-electron chi connectivity index (χ4n) is 2.86. The topological polar surface area (TPSA) is 84.9 Å². The molecule has 0 aromatic heterocycles. The fraction of sp³-hybridized carbons (Fsp3) is 1.00. The van der Waals surface area contributed by atoms with Crippen molar-refractivity contribution in [3.05, 3.63) is 0 Å². The molecule has 1 saturated heterocycles. The maximum atomic E-state index is 10.7. The van der Waals surface area contributed by atoms with Crippen molar-refractivity contribution in [3.63, 3.8) is 0 Å². The molecule has 0 aliphatic carbocycles. The Kier molecular flexibility index (Phi) is 9.46. The molecule has 1 aliphatic heterocycles. The molecule has 0 aromatic carbocycles. The number of quaternary nitrogens is 1. The zero-order chi connectivity index (χ0) is 16.3. The Labute approximate surface area is 133 Å². The number of ether oxygens (including phenoxy) is 3. The first-order valence-corrected chi connectivity index (χ1v) is 9.48. The lowest BCUT2D eigenvalue weighted by Crippen LogP contribution is -2.48. The lowest BCUT2D eigenvalue weighted by molar-refractivity contribution is -0.917. The molecule has 7 nitrogen and oxygen atoms in total. The molecule has 22 heavy (non-hydrogen) atoms. The molecule has 0 saturated carbocycles. The minimum absolute atomic E-state index is 0.263. The van der Waals surface area contributed by atoms with Crippen molar-refractivity contribution < 1.29 is 31.7 Å². The highest BCUT2D eigenvalue weighted by atomic mass is 32.2. The highest BCUT2D eigenvalue weighted by molar-refractivity contribution is 7.85. The smallest absolute Gasteiger partial charge is 0.102 e. The zero-order valence-corrected chi connectivity index (χ0v) is 14.3. The first kappa shape index (κ1) is 19.8. The first-order valence-electron chi connectivity index (χ1n) is 7.91. The fourth-order valence-corrected chi connectivity index (χ4v) is 3.35. The number of nitrogens with zero attached hydrogens (tertiary/aromatic N) is 1. The zero-order valence-electron chi connectivity index (χ0n) is 13.5. The molecule has 1 heterocycles. The summed E-state index contributed by atoms with van der Waals surface area (Å²) in [6.07, 6.45) is 2.75. The summed E-state index contributed by atoms with van der Waals surface area (Å²) in [5, 5.41) is 0. The van der Waals surface area contributed by atoms with E-state index in [1.165, 1.54) is 0 Å². The van der Waals surface area contributed by atoms with E-state index in [-0.39, 0.29) is 5.75 Å². The van der Waals surface area contributed by atoms with E-state index in [9.17, 15) is 13.0 Å². The molecule has 1 rings (SSSR count). The normalized spacial score (nSPS) is 17.9. The summed E-state index contributed by atoms with van der Waals surface area (Å²) in [6.45, 7) is 6.62. The van der Waals surface area contributed by atoms with Crippen molar-refractivity contribution in [1.29, 1.82) is 0 Å². The molecule has 0 atom stereocenters. The summed E-state index contributed by atoms with van der Waals surface area (Å²) in [7, 11) is -2.47. The van der Waals surface area contributed by atoms with E-state index in [4.69, 9.17) is 14.2 Å². The van der Waals surface area contributed by atoms with Crippen LogP contribution in [0.25, 0.3) is 0 Å². The highest BCUT2D eigenvalue weighted by Gasteiger charge is 2.31. The van der Waals surface area contributed by atoms with Gasteiger partial charge in [0, 0.05) is 32.1 Å². The Bertz CT molecular complexity index is 381. The van der Waals surface area contributed by atoms with Gasteiger partial charge in [0.05, 0.1) is 62.8 Å². The molecule has 0 amide bonds. The average Bonchev–Trinajstić information content (AvgIpc) is 2.89. The van der Waals surface area contributed by atoms with Crippen LogP contribution in [-0.4, -0.2) is 89.5 Å². The molecular weight excluding hydrogens is 310 g/mol. The number of hydrogen-bond acceptors (Lipinski definition) is 6. The van der Waals surface area contributed by atoms with Gasteiger partial charge in [-0.25, -0.2) is 8.42 Å².